The van der Waals surface area contributed by atoms with E-state index in [2.05, 4.69) is 93.5 Å². The van der Waals surface area contributed by atoms with Crippen LogP contribution in [-0.2, 0) is 20.0 Å². The molecule has 0 spiro atoms. The molecule has 4 rings (SSSR count). The Bertz CT molecular complexity index is 718. The Morgan fingerprint density at radius 2 is 1.48 bits per heavy atom. The van der Waals surface area contributed by atoms with Crippen LogP contribution in [0, 0.1) is 13.6 Å². The Labute approximate surface area is 174 Å². The van der Waals surface area contributed by atoms with Gasteiger partial charge in [-0.25, -0.2) is 0 Å². The molecule has 0 saturated heterocycles. The molecule has 0 bridgehead atoms. The van der Waals surface area contributed by atoms with Crippen LogP contribution in [0.4, 0.5) is 0 Å². The molecule has 1 aromatic heterocycles. The molecular weight excluding hydrogens is 385 g/mol. The minimum absolute atomic E-state index is 0. The van der Waals surface area contributed by atoms with Crippen LogP contribution in [0.2, 0.25) is 0 Å². The molecule has 134 valence electrons. The molecular formula is C21H24Cl2NTi-3. The average molecular weight is 409 g/mol. The van der Waals surface area contributed by atoms with Gasteiger partial charge in [0.25, 0.3) is 0 Å². The Hall–Kier alpha value is -1.25. The monoisotopic (exact) mass is 408 g/mol. The van der Waals surface area contributed by atoms with Crippen LogP contribution >= 0.6 is 24.8 Å². The van der Waals surface area contributed by atoms with E-state index in [1.165, 1.54) is 20.0 Å². The Kier molecular flexibility index (Phi) is 14.5. The molecule has 0 aliphatic carbocycles. The minimum Gasteiger partial charge on any atom is -0.477 e. The van der Waals surface area contributed by atoms with Crippen molar-refractivity contribution in [1.82, 2.24) is 4.98 Å². The summed E-state index contributed by atoms with van der Waals surface area (Å²) in [5.74, 6) is 0. The van der Waals surface area contributed by atoms with Crippen molar-refractivity contribution in [3.05, 3.63) is 86.4 Å². The van der Waals surface area contributed by atoms with Crippen molar-refractivity contribution in [3.63, 3.8) is 0 Å². The van der Waals surface area contributed by atoms with Crippen molar-refractivity contribution in [3.8, 4) is 0 Å². The molecule has 0 saturated carbocycles. The van der Waals surface area contributed by atoms with Gasteiger partial charge in [0, 0.05) is 0 Å². The van der Waals surface area contributed by atoms with E-state index < -0.39 is 0 Å². The van der Waals surface area contributed by atoms with Gasteiger partial charge in [-0.1, -0.05) is 18.2 Å². The van der Waals surface area contributed by atoms with Crippen LogP contribution in [0.25, 0.3) is 21.7 Å². The molecule has 25 heavy (non-hydrogen) atoms. The maximum Gasteiger partial charge on any atom is -0.0745 e. The van der Waals surface area contributed by atoms with Gasteiger partial charge in [0.15, 0.2) is 0 Å². The van der Waals surface area contributed by atoms with Gasteiger partial charge in [-0.05, 0) is 0 Å². The van der Waals surface area contributed by atoms with E-state index in [1.807, 2.05) is 24.3 Å². The first kappa shape index (κ1) is 26.0. The van der Waals surface area contributed by atoms with Crippen molar-refractivity contribution >= 4 is 50.3 Å². The van der Waals surface area contributed by atoms with E-state index in [1.54, 1.807) is 0 Å². The normalized spacial score (nSPS) is 8.36. The third kappa shape index (κ3) is 9.14. The minimum atomic E-state index is 0. The topological polar surface area (TPSA) is 15.8 Å². The van der Waals surface area contributed by atoms with Crippen molar-refractivity contribution in [2.45, 2.75) is 13.8 Å². The molecule has 1 nitrogen and oxygen atoms in total. The zero-order valence-corrected chi connectivity index (χ0v) is 17.9. The van der Waals surface area contributed by atoms with Crippen molar-refractivity contribution in [2.75, 3.05) is 0 Å². The molecule has 0 aliphatic heterocycles. The summed E-state index contributed by atoms with van der Waals surface area (Å²) in [7, 11) is 0. The van der Waals surface area contributed by atoms with Gasteiger partial charge in [-0.2, -0.15) is 29.0 Å². The zero-order chi connectivity index (χ0) is 15.8. The first-order valence-corrected chi connectivity index (χ1v) is 8.01. The van der Waals surface area contributed by atoms with Gasteiger partial charge >= 0.3 is 37.6 Å². The number of aromatic nitrogens is 1. The van der Waals surface area contributed by atoms with Gasteiger partial charge in [-0.15, -0.1) is 78.3 Å². The molecule has 4 heteroatoms. The zero-order valence-electron chi connectivity index (χ0n) is 14.7. The Morgan fingerprint density at radius 1 is 0.920 bits per heavy atom. The van der Waals surface area contributed by atoms with Crippen molar-refractivity contribution in [1.29, 1.82) is 0 Å². The summed E-state index contributed by atoms with van der Waals surface area (Å²) >= 11 is 2.08. The number of para-hydroxylation sites is 1. The molecule has 0 amide bonds. The molecule has 0 fully saturated rings. The largest absolute Gasteiger partial charge is 0.477 e. The number of H-pyrrole nitrogens is 1. The number of rotatable bonds is 0. The van der Waals surface area contributed by atoms with E-state index in [4.69, 9.17) is 0 Å². The summed E-state index contributed by atoms with van der Waals surface area (Å²) in [6, 6.07) is 24.7. The third-order valence-corrected chi connectivity index (χ3v) is 2.94. The summed E-state index contributed by atoms with van der Waals surface area (Å²) in [5.41, 5.74) is 1.15. The smallest absolute Gasteiger partial charge is 0.0745 e. The van der Waals surface area contributed by atoms with Crippen LogP contribution in [0.15, 0.2) is 72.8 Å². The van der Waals surface area contributed by atoms with Crippen LogP contribution in [-0.4, -0.2) is 8.80 Å². The van der Waals surface area contributed by atoms with Gasteiger partial charge in [-0.3, -0.25) is 0 Å². The fraction of sp³-hybridized carbons (Fsp3) is 0.0952. The van der Waals surface area contributed by atoms with Crippen LogP contribution in [0.1, 0.15) is 13.8 Å². The van der Waals surface area contributed by atoms with Gasteiger partial charge in [0.2, 0.25) is 0 Å². The maximum absolute atomic E-state index is 2.99. The number of fused-ring (bicyclic) bond motifs is 2. The average Bonchev–Trinajstić information content (AvgIpc) is 3.16. The second-order valence-electron chi connectivity index (χ2n) is 5.16. The van der Waals surface area contributed by atoms with Crippen LogP contribution in [0.3, 0.4) is 0 Å². The molecule has 1 N–H and O–H groups in total. The molecule has 0 atom stereocenters. The Morgan fingerprint density at radius 3 is 2.08 bits per heavy atom. The molecule has 0 aliphatic rings. The summed E-state index contributed by atoms with van der Waals surface area (Å²) < 4.78 is 1.42. The quantitative estimate of drug-likeness (QED) is 0.250. The second-order valence-corrected chi connectivity index (χ2v) is 6.72. The fourth-order valence-corrected chi connectivity index (χ4v) is 2.00. The fourth-order valence-electron chi connectivity index (χ4n) is 2.00. The van der Waals surface area contributed by atoms with Gasteiger partial charge in [0.1, 0.15) is 0 Å². The summed E-state index contributed by atoms with van der Waals surface area (Å²) in [5, 5.41) is 3.88. The van der Waals surface area contributed by atoms with E-state index in [0.29, 0.717) is 0 Å². The number of hydrogen-bond donors (Lipinski definition) is 1. The third-order valence-electron chi connectivity index (χ3n) is 2.94. The first-order chi connectivity index (χ1) is 10.7. The summed E-state index contributed by atoms with van der Waals surface area (Å²) in [4.78, 5) is 2.99. The van der Waals surface area contributed by atoms with Crippen LogP contribution < -0.4 is 0 Å². The molecule has 0 radical (unpaired) electrons. The van der Waals surface area contributed by atoms with Crippen molar-refractivity contribution < 1.29 is 20.0 Å². The standard InChI is InChI=1S/C9H7.C8H6N.C3H6.CH3.2ClH.Ti/c1-2-5-9-7-3-6-8(9)4-1;1-2-4-8-7(3-1)5-6-9-8;1-3-2;;;;/h1-7H;1-5,9H;1-2H3;1H3;2*1H;/q2*-1;;-1;;;. The number of benzene rings is 2. The number of halogens is 2. The molecule has 3 aromatic carbocycles. The van der Waals surface area contributed by atoms with E-state index in [9.17, 15) is 0 Å². The van der Waals surface area contributed by atoms with Gasteiger partial charge < -0.3 is 12.4 Å². The number of hydrogen-bond acceptors (Lipinski definition) is 0. The van der Waals surface area contributed by atoms with Crippen LogP contribution in [0.5, 0.6) is 0 Å². The second kappa shape index (κ2) is 14.0. The Balaban J connectivity index is 0. The van der Waals surface area contributed by atoms with E-state index in [0.717, 1.165) is 5.52 Å². The molecule has 1 heterocycles. The molecule has 0 unspecified atom stereocenters. The first-order valence-electron chi connectivity index (χ1n) is 7.23. The predicted octanol–water partition coefficient (Wildman–Crippen LogP) is 6.57. The van der Waals surface area contributed by atoms with E-state index in [-0.39, 0.29) is 32.2 Å². The van der Waals surface area contributed by atoms with E-state index >= 15 is 0 Å². The van der Waals surface area contributed by atoms with Gasteiger partial charge in [0.05, 0.1) is 0 Å². The molecule has 4 aromatic rings. The summed E-state index contributed by atoms with van der Waals surface area (Å²) in [6.45, 7) is 4.17. The van der Waals surface area contributed by atoms with Crippen molar-refractivity contribution in [2.24, 2.45) is 0 Å². The SMILES string of the molecule is C[C](C)=[Ti].Cl.Cl.[CH3-].[c-]1cc2ccccc2[nH]1.c1ccc2[cH-]ccc2c1. The number of nitrogens with one attached hydrogen (secondary N) is 1. The predicted molar refractivity (Wildman–Crippen MR) is 114 cm³/mol. The maximum atomic E-state index is 2.99. The summed E-state index contributed by atoms with van der Waals surface area (Å²) in [6.07, 6.45) is 2.91. The number of aromatic amines is 1.